The topological polar surface area (TPSA) is 84.9 Å². The van der Waals surface area contributed by atoms with Gasteiger partial charge in [-0.15, -0.1) is 0 Å². The number of benzene rings is 2. The Hall–Kier alpha value is -4.17. The molecule has 2 fully saturated rings. The van der Waals surface area contributed by atoms with Crippen LogP contribution in [0.25, 0.3) is 0 Å². The Balaban J connectivity index is 1.26. The Bertz CT molecular complexity index is 1720. The second-order valence-electron chi connectivity index (χ2n) is 13.3. The predicted octanol–water partition coefficient (Wildman–Crippen LogP) is 8.12. The van der Waals surface area contributed by atoms with Crippen LogP contribution < -0.4 is 10.1 Å². The summed E-state index contributed by atoms with van der Waals surface area (Å²) in [6.07, 6.45) is -3.78. The van der Waals surface area contributed by atoms with E-state index in [1.165, 1.54) is 14.0 Å². The van der Waals surface area contributed by atoms with Crippen LogP contribution in [0.5, 0.6) is 5.75 Å². The van der Waals surface area contributed by atoms with Crippen molar-refractivity contribution in [2.24, 2.45) is 17.3 Å². The van der Waals surface area contributed by atoms with E-state index in [1.807, 2.05) is 0 Å². The van der Waals surface area contributed by atoms with Crippen LogP contribution >= 0.6 is 0 Å². The molecule has 6 nitrogen and oxygen atoms in total. The molecule has 0 heterocycles. The number of ketones is 1. The number of hydrogen-bond acceptors (Lipinski definition) is 5. The minimum Gasteiger partial charge on any atom is -0.497 e. The molecule has 2 aromatic rings. The molecule has 4 aliphatic carbocycles. The summed E-state index contributed by atoms with van der Waals surface area (Å²) in [7, 11) is 1.53. The molecule has 0 spiro atoms. The van der Waals surface area contributed by atoms with E-state index >= 15 is 8.78 Å². The van der Waals surface area contributed by atoms with Gasteiger partial charge in [0.15, 0.2) is 12.4 Å². The number of halogens is 5. The lowest BCUT2D eigenvalue weighted by Gasteiger charge is -2.56. The summed E-state index contributed by atoms with van der Waals surface area (Å²) in [6.45, 7) is 1.21. The van der Waals surface area contributed by atoms with Gasteiger partial charge in [-0.1, -0.05) is 36.5 Å². The summed E-state index contributed by atoms with van der Waals surface area (Å²) < 4.78 is 82.0. The monoisotopic (exact) mass is 669 g/mol. The van der Waals surface area contributed by atoms with Crippen molar-refractivity contribution in [3.05, 3.63) is 82.5 Å². The smallest absolute Gasteiger partial charge is 0.456 e. The highest BCUT2D eigenvalue weighted by Crippen LogP contribution is 2.70. The fraction of sp³-hybridized carbons (Fsp3) is 0.459. The van der Waals surface area contributed by atoms with Crippen molar-refractivity contribution >= 4 is 17.6 Å². The molecule has 254 valence electrons. The maximum Gasteiger partial charge on any atom is 0.456 e. The van der Waals surface area contributed by atoms with Crippen LogP contribution in [0, 0.1) is 29.1 Å². The van der Waals surface area contributed by atoms with Gasteiger partial charge in [0.1, 0.15) is 11.4 Å². The standard InChI is InChI=1S/C37H36F5NO5/c1-34-21-30(23-7-5-22(6-8-23)4-3-19-48-33(45)43-25-10-13-27(47-2)14-11-25)32-28-16-12-26(44)20-24(28)9-15-29(32)31(34)17-18-35(34,46)36(38,39)37(40,41)42/h5-8,10-11,13-14,20,29-31,46H,9,12,15-19,21H2,1-2H3,(H,43,45)/t29-,30+,31-,34-,35-/m0/s1. The highest BCUT2D eigenvalue weighted by Gasteiger charge is 2.79. The number of rotatable bonds is 5. The number of hydrogen-bond donors (Lipinski definition) is 2. The van der Waals surface area contributed by atoms with Gasteiger partial charge in [0.2, 0.25) is 0 Å². The number of allylic oxidation sites excluding steroid dienone is 4. The van der Waals surface area contributed by atoms with E-state index in [0.717, 1.165) is 16.7 Å². The van der Waals surface area contributed by atoms with Crippen molar-refractivity contribution in [3.63, 3.8) is 0 Å². The third-order valence-corrected chi connectivity index (χ3v) is 10.9. The Morgan fingerprint density at radius 1 is 1.02 bits per heavy atom. The molecule has 2 N–H and O–H groups in total. The molecule has 2 aromatic carbocycles. The molecule has 48 heavy (non-hydrogen) atoms. The number of fused-ring (bicyclic) bond motifs is 4. The molecule has 0 aromatic heterocycles. The van der Waals surface area contributed by atoms with Crippen LogP contribution in [0.1, 0.15) is 68.9 Å². The average molecular weight is 670 g/mol. The number of methoxy groups -OCH3 is 1. The lowest BCUT2D eigenvalue weighted by Crippen LogP contribution is -2.65. The number of amides is 1. The zero-order chi connectivity index (χ0) is 34.5. The molecule has 0 unspecified atom stereocenters. The number of nitrogens with one attached hydrogen (secondary N) is 1. The van der Waals surface area contributed by atoms with Crippen molar-refractivity contribution in [2.75, 3.05) is 19.0 Å². The van der Waals surface area contributed by atoms with Crippen LogP contribution in [0.4, 0.5) is 32.4 Å². The number of carbonyl (C=O) groups is 2. The van der Waals surface area contributed by atoms with Crippen LogP contribution in [0.3, 0.4) is 0 Å². The molecule has 0 radical (unpaired) electrons. The Morgan fingerprint density at radius 3 is 2.40 bits per heavy atom. The largest absolute Gasteiger partial charge is 0.497 e. The summed E-state index contributed by atoms with van der Waals surface area (Å²) in [5.74, 6) is -0.343. The van der Waals surface area contributed by atoms with Gasteiger partial charge in [-0.2, -0.15) is 22.0 Å². The average Bonchev–Trinajstić information content (AvgIpc) is 3.33. The molecule has 6 rings (SSSR count). The van der Waals surface area contributed by atoms with Gasteiger partial charge in [-0.25, -0.2) is 4.79 Å². The molecular formula is C37H36F5NO5. The van der Waals surface area contributed by atoms with Gasteiger partial charge >= 0.3 is 18.2 Å². The third kappa shape index (κ3) is 5.68. The summed E-state index contributed by atoms with van der Waals surface area (Å²) in [5, 5.41) is 14.0. The van der Waals surface area contributed by atoms with Crippen molar-refractivity contribution < 1.29 is 46.1 Å². The first-order valence-electron chi connectivity index (χ1n) is 16.0. The summed E-state index contributed by atoms with van der Waals surface area (Å²) in [4.78, 5) is 24.4. The fourth-order valence-corrected chi connectivity index (χ4v) is 8.58. The Kier molecular flexibility index (Phi) is 8.69. The van der Waals surface area contributed by atoms with Gasteiger partial charge in [0.05, 0.1) is 7.11 Å². The lowest BCUT2D eigenvalue weighted by molar-refractivity contribution is -0.362. The molecule has 0 aliphatic heterocycles. The number of aliphatic hydroxyl groups is 1. The number of ether oxygens (including phenoxy) is 2. The maximum atomic E-state index is 15.2. The first kappa shape index (κ1) is 33.7. The predicted molar refractivity (Wildman–Crippen MR) is 167 cm³/mol. The minimum absolute atomic E-state index is 0.0233. The van der Waals surface area contributed by atoms with E-state index in [0.29, 0.717) is 48.2 Å². The number of anilines is 1. The first-order valence-corrected chi connectivity index (χ1v) is 16.0. The quantitative estimate of drug-likeness (QED) is 0.248. The van der Waals surface area contributed by atoms with Crippen molar-refractivity contribution in [1.82, 2.24) is 0 Å². The second kappa shape index (κ2) is 12.4. The van der Waals surface area contributed by atoms with Gasteiger partial charge in [-0.05, 0) is 110 Å². The molecule has 5 atom stereocenters. The lowest BCUT2D eigenvalue weighted by atomic mass is 9.50. The Labute approximate surface area is 275 Å². The molecule has 0 saturated heterocycles. The molecular weight excluding hydrogens is 633 g/mol. The summed E-state index contributed by atoms with van der Waals surface area (Å²) in [5.41, 5.74) is -0.254. The van der Waals surface area contributed by atoms with E-state index in [-0.39, 0.29) is 31.1 Å². The summed E-state index contributed by atoms with van der Waals surface area (Å²) in [6, 6.07) is 13.7. The molecule has 1 amide bonds. The van der Waals surface area contributed by atoms with Crippen LogP contribution in [-0.2, 0) is 9.53 Å². The first-order chi connectivity index (χ1) is 22.7. The Morgan fingerprint density at radius 2 is 1.73 bits per heavy atom. The highest BCUT2D eigenvalue weighted by molar-refractivity contribution is 5.93. The molecule has 0 bridgehead atoms. The highest BCUT2D eigenvalue weighted by atomic mass is 19.4. The van der Waals surface area contributed by atoms with E-state index in [9.17, 15) is 27.9 Å². The van der Waals surface area contributed by atoms with Gasteiger partial charge in [0.25, 0.3) is 0 Å². The van der Waals surface area contributed by atoms with Gasteiger partial charge in [0, 0.05) is 29.0 Å². The van der Waals surface area contributed by atoms with E-state index in [4.69, 9.17) is 9.47 Å². The van der Waals surface area contributed by atoms with Crippen molar-refractivity contribution in [2.45, 2.75) is 75.5 Å². The van der Waals surface area contributed by atoms with E-state index in [2.05, 4.69) is 17.2 Å². The summed E-state index contributed by atoms with van der Waals surface area (Å²) >= 11 is 0. The zero-order valence-electron chi connectivity index (χ0n) is 26.6. The number of alkyl halides is 5. The van der Waals surface area contributed by atoms with Crippen molar-refractivity contribution in [3.8, 4) is 17.6 Å². The maximum absolute atomic E-state index is 15.2. The molecule has 4 aliphatic rings. The van der Waals surface area contributed by atoms with E-state index in [1.54, 1.807) is 54.6 Å². The minimum atomic E-state index is -5.90. The normalized spacial score (nSPS) is 28.3. The second-order valence-corrected chi connectivity index (χ2v) is 13.3. The van der Waals surface area contributed by atoms with Gasteiger partial charge < -0.3 is 14.6 Å². The molecule has 11 heteroatoms. The van der Waals surface area contributed by atoms with Crippen LogP contribution in [0.15, 0.2) is 71.3 Å². The SMILES string of the molecule is COc1ccc(NC(=O)OCC#Cc2ccc([C@H]3C[C@@]4(C)[C@@H](CC[C@@]4(O)C(F)(F)C(F)(F)F)[C@@H]4CCC5=CC(=O)CCC5=C43)cc2)cc1. The number of carbonyl (C=O) groups excluding carboxylic acids is 2. The van der Waals surface area contributed by atoms with Crippen LogP contribution in [-0.4, -0.2) is 48.4 Å². The van der Waals surface area contributed by atoms with Crippen LogP contribution in [0.2, 0.25) is 0 Å². The third-order valence-electron chi connectivity index (χ3n) is 10.9. The fourth-order valence-electron chi connectivity index (χ4n) is 8.58. The van der Waals surface area contributed by atoms with Gasteiger partial charge in [-0.3, -0.25) is 10.1 Å². The van der Waals surface area contributed by atoms with E-state index < -0.39 is 47.5 Å². The van der Waals surface area contributed by atoms with Crippen molar-refractivity contribution in [1.29, 1.82) is 0 Å². The zero-order valence-corrected chi connectivity index (χ0v) is 26.6. The molecule has 2 saturated carbocycles.